The molecule has 11 heteroatoms. The smallest absolute Gasteiger partial charge is 0.407 e. The first-order chi connectivity index (χ1) is 22.0. The van der Waals surface area contributed by atoms with Gasteiger partial charge in [0.2, 0.25) is 0 Å². The summed E-state index contributed by atoms with van der Waals surface area (Å²) in [5, 5.41) is 2.99. The SMILES string of the molecule is CN1CCCN(C(=O)C2=CN3C4CC5CCCCC5CC4OC4C(N5CCC(NC(=O)OC(C)(C)C)C5)C(F)CC(C2=O)C43)CC1. The van der Waals surface area contributed by atoms with Crippen molar-refractivity contribution in [2.45, 2.75) is 127 Å². The maximum Gasteiger partial charge on any atom is 0.407 e. The molecule has 7 aliphatic rings. The standard InChI is InChI=1S/C35H54FN5O5/c1-35(2,3)46-34(44)37-23-10-13-40(19-23)30-26(36)18-24-29-32(30)45-28-17-22-9-6-5-8-21(22)16-27(28)41(29)20-25(31(24)42)33(43)39-12-7-11-38(4)14-15-39/h20-24,26-30,32H,5-19H2,1-4H3,(H,37,44). The van der Waals surface area contributed by atoms with Gasteiger partial charge in [-0.2, -0.15) is 0 Å². The van der Waals surface area contributed by atoms with E-state index in [1.807, 2.05) is 31.9 Å². The van der Waals surface area contributed by atoms with E-state index >= 15 is 4.39 Å². The summed E-state index contributed by atoms with van der Waals surface area (Å²) in [6, 6.07) is -0.865. The van der Waals surface area contributed by atoms with Gasteiger partial charge in [-0.3, -0.25) is 14.5 Å². The van der Waals surface area contributed by atoms with Gasteiger partial charge in [0.15, 0.2) is 5.78 Å². The van der Waals surface area contributed by atoms with E-state index in [4.69, 9.17) is 9.47 Å². The van der Waals surface area contributed by atoms with Crippen LogP contribution in [0.25, 0.3) is 0 Å². The van der Waals surface area contributed by atoms with Crippen LogP contribution >= 0.6 is 0 Å². The first kappa shape index (κ1) is 32.3. The number of morpholine rings is 1. The van der Waals surface area contributed by atoms with E-state index in [0.29, 0.717) is 44.4 Å². The predicted molar refractivity (Wildman–Crippen MR) is 171 cm³/mol. The third-order valence-corrected chi connectivity index (χ3v) is 12.0. The lowest BCUT2D eigenvalue weighted by molar-refractivity contribution is -0.219. The summed E-state index contributed by atoms with van der Waals surface area (Å²) in [4.78, 5) is 49.3. The highest BCUT2D eigenvalue weighted by atomic mass is 19.1. The molecule has 6 fully saturated rings. The van der Waals surface area contributed by atoms with Crippen molar-refractivity contribution in [1.29, 1.82) is 0 Å². The number of amides is 2. The van der Waals surface area contributed by atoms with Gasteiger partial charge < -0.3 is 29.5 Å². The van der Waals surface area contributed by atoms with Crippen LogP contribution in [0.1, 0.15) is 78.6 Å². The first-order valence-electron chi connectivity index (χ1n) is 18.0. The number of likely N-dealkylation sites (tertiary alicyclic amines) is 1. The number of likely N-dealkylation sites (N-methyl/N-ethyl adjacent to an activating group) is 1. The minimum absolute atomic E-state index is 0.0556. The zero-order chi connectivity index (χ0) is 32.3. The summed E-state index contributed by atoms with van der Waals surface area (Å²) in [5.74, 6) is 0.224. The molecule has 7 rings (SSSR count). The van der Waals surface area contributed by atoms with Crippen molar-refractivity contribution in [2.24, 2.45) is 17.8 Å². The Bertz CT molecular complexity index is 1220. The summed E-state index contributed by atoms with van der Waals surface area (Å²) in [6.45, 7) is 9.59. The minimum Gasteiger partial charge on any atom is -0.444 e. The summed E-state index contributed by atoms with van der Waals surface area (Å²) in [5.41, 5.74) is -0.354. The Labute approximate surface area is 273 Å². The molecule has 4 heterocycles. The fourth-order valence-electron chi connectivity index (χ4n) is 9.93. The van der Waals surface area contributed by atoms with Gasteiger partial charge in [0.1, 0.15) is 11.8 Å². The minimum atomic E-state index is -1.28. The molecular formula is C35H54FN5O5. The van der Waals surface area contributed by atoms with Crippen LogP contribution in [0.15, 0.2) is 11.8 Å². The topological polar surface area (TPSA) is 94.7 Å². The number of hydrogen-bond donors (Lipinski definition) is 1. The van der Waals surface area contributed by atoms with E-state index < -0.39 is 35.9 Å². The van der Waals surface area contributed by atoms with Crippen molar-refractivity contribution < 1.29 is 28.2 Å². The van der Waals surface area contributed by atoms with Gasteiger partial charge in [-0.25, -0.2) is 9.18 Å². The van der Waals surface area contributed by atoms with Crippen LogP contribution < -0.4 is 5.32 Å². The van der Waals surface area contributed by atoms with Crippen LogP contribution in [-0.4, -0.2) is 132 Å². The highest BCUT2D eigenvalue weighted by Crippen LogP contribution is 2.51. The zero-order valence-electron chi connectivity index (χ0n) is 28.2. The third-order valence-electron chi connectivity index (χ3n) is 12.0. The number of alkyl carbamates (subject to hydrolysis) is 1. The van der Waals surface area contributed by atoms with Crippen molar-refractivity contribution in [3.63, 3.8) is 0 Å². The quantitative estimate of drug-likeness (QED) is 0.469. The number of alkyl halides is 1. The van der Waals surface area contributed by atoms with Crippen LogP contribution in [0.2, 0.25) is 0 Å². The molecule has 3 saturated carbocycles. The van der Waals surface area contributed by atoms with Crippen LogP contribution in [0.4, 0.5) is 9.18 Å². The largest absolute Gasteiger partial charge is 0.444 e. The average Bonchev–Trinajstić information content (AvgIpc) is 3.33. The molecule has 3 saturated heterocycles. The fraction of sp³-hybridized carbons (Fsp3) is 0.857. The normalized spacial score (nSPS) is 40.3. The third kappa shape index (κ3) is 6.20. The van der Waals surface area contributed by atoms with Gasteiger partial charge in [0, 0.05) is 50.9 Å². The van der Waals surface area contributed by atoms with Crippen molar-refractivity contribution in [2.75, 3.05) is 46.3 Å². The molecule has 4 aliphatic heterocycles. The van der Waals surface area contributed by atoms with Gasteiger partial charge in [-0.05, 0) is 78.3 Å². The Balaban J connectivity index is 1.17. The number of nitrogens with one attached hydrogen (secondary N) is 1. The molecule has 256 valence electrons. The monoisotopic (exact) mass is 643 g/mol. The molecule has 10 atom stereocenters. The summed E-state index contributed by atoms with van der Waals surface area (Å²) in [7, 11) is 2.06. The van der Waals surface area contributed by atoms with E-state index in [0.717, 1.165) is 32.4 Å². The van der Waals surface area contributed by atoms with E-state index in [1.165, 1.54) is 25.7 Å². The zero-order valence-corrected chi connectivity index (χ0v) is 28.2. The molecule has 0 aromatic heterocycles. The highest BCUT2D eigenvalue weighted by molar-refractivity contribution is 6.20. The molecule has 0 spiro atoms. The van der Waals surface area contributed by atoms with Gasteiger partial charge in [-0.1, -0.05) is 25.7 Å². The van der Waals surface area contributed by atoms with Crippen molar-refractivity contribution in [1.82, 2.24) is 24.9 Å². The number of Topliss-reactive ketones (excluding diaryl/α,β-unsaturated/α-hetero) is 1. The number of ether oxygens (including phenoxy) is 2. The lowest BCUT2D eigenvalue weighted by Crippen LogP contribution is -2.73. The van der Waals surface area contributed by atoms with E-state index in [2.05, 4.69) is 27.1 Å². The molecule has 10 nitrogen and oxygen atoms in total. The molecule has 0 aromatic carbocycles. The second-order valence-electron chi connectivity index (χ2n) is 16.3. The number of fused-ring (bicyclic) bond motifs is 3. The molecule has 0 radical (unpaired) electrons. The van der Waals surface area contributed by atoms with E-state index in [9.17, 15) is 14.4 Å². The molecule has 10 unspecified atom stereocenters. The predicted octanol–water partition coefficient (Wildman–Crippen LogP) is 3.35. The fourth-order valence-corrected chi connectivity index (χ4v) is 9.93. The Morgan fingerprint density at radius 3 is 2.48 bits per heavy atom. The van der Waals surface area contributed by atoms with E-state index in [1.54, 1.807) is 0 Å². The second kappa shape index (κ2) is 12.7. The van der Waals surface area contributed by atoms with Crippen molar-refractivity contribution >= 4 is 17.8 Å². The number of hydrogen-bond acceptors (Lipinski definition) is 8. The average molecular weight is 644 g/mol. The summed E-state index contributed by atoms with van der Waals surface area (Å²) < 4.78 is 29.1. The first-order valence-corrected chi connectivity index (χ1v) is 18.0. The summed E-state index contributed by atoms with van der Waals surface area (Å²) >= 11 is 0. The van der Waals surface area contributed by atoms with Crippen molar-refractivity contribution in [3.8, 4) is 0 Å². The molecular weight excluding hydrogens is 589 g/mol. The molecule has 46 heavy (non-hydrogen) atoms. The van der Waals surface area contributed by atoms with Gasteiger partial charge >= 0.3 is 6.09 Å². The Kier molecular flexibility index (Phi) is 8.89. The number of carbonyl (C=O) groups excluding carboxylic acids is 3. The molecule has 0 aromatic rings. The van der Waals surface area contributed by atoms with Crippen molar-refractivity contribution in [3.05, 3.63) is 11.8 Å². The summed E-state index contributed by atoms with van der Waals surface area (Å²) in [6.07, 6.45) is 8.19. The lowest BCUT2D eigenvalue weighted by Gasteiger charge is -2.61. The van der Waals surface area contributed by atoms with Crippen LogP contribution in [-0.2, 0) is 19.1 Å². The van der Waals surface area contributed by atoms with Crippen LogP contribution in [0.5, 0.6) is 0 Å². The number of nitrogens with zero attached hydrogens (tertiary/aromatic N) is 4. The molecule has 0 bridgehead atoms. The van der Waals surface area contributed by atoms with Gasteiger partial charge in [0.05, 0.1) is 35.9 Å². The van der Waals surface area contributed by atoms with Crippen LogP contribution in [0, 0.1) is 17.8 Å². The maximum atomic E-state index is 16.6. The second-order valence-corrected chi connectivity index (χ2v) is 16.3. The van der Waals surface area contributed by atoms with E-state index in [-0.39, 0.29) is 47.9 Å². The Hall–Kier alpha value is -2.24. The lowest BCUT2D eigenvalue weighted by atomic mass is 9.64. The molecule has 2 amide bonds. The van der Waals surface area contributed by atoms with Crippen LogP contribution in [0.3, 0.4) is 0 Å². The highest BCUT2D eigenvalue weighted by Gasteiger charge is 2.61. The Morgan fingerprint density at radius 1 is 0.957 bits per heavy atom. The number of carbonyl (C=O) groups is 3. The number of ketones is 1. The maximum absolute atomic E-state index is 16.6. The molecule has 1 N–H and O–H groups in total. The number of rotatable bonds is 3. The van der Waals surface area contributed by atoms with Gasteiger partial charge in [0.25, 0.3) is 5.91 Å². The van der Waals surface area contributed by atoms with Gasteiger partial charge in [-0.15, -0.1) is 0 Å². The molecule has 3 aliphatic carbocycles. The number of halogens is 1. The Morgan fingerprint density at radius 2 is 1.72 bits per heavy atom.